The van der Waals surface area contributed by atoms with Crippen molar-refractivity contribution in [2.75, 3.05) is 6.54 Å². The number of allylic oxidation sites excluding steroid dienone is 1. The lowest BCUT2D eigenvalue weighted by atomic mass is 10.0. The third-order valence-electron chi connectivity index (χ3n) is 10.1. The fourth-order valence-corrected chi connectivity index (χ4v) is 8.48. The molecule has 1 saturated carbocycles. The normalized spacial score (nSPS) is 25.7. The van der Waals surface area contributed by atoms with Gasteiger partial charge in [0.15, 0.2) is 4.90 Å². The summed E-state index contributed by atoms with van der Waals surface area (Å²) in [6.45, 7) is 5.41. The summed E-state index contributed by atoms with van der Waals surface area (Å²) < 4.78 is 68.3. The Kier molecular flexibility index (Phi) is 11.2. The van der Waals surface area contributed by atoms with E-state index in [0.29, 0.717) is 38.8 Å². The number of rotatable bonds is 5. The zero-order valence-corrected chi connectivity index (χ0v) is 31.6. The maximum Gasteiger partial charge on any atom is 0.410 e. The molecule has 3 N–H and O–H groups in total. The first-order chi connectivity index (χ1) is 26.0. The molecule has 296 valence electrons. The second-order valence-electron chi connectivity index (χ2n) is 15.4. The Morgan fingerprint density at radius 1 is 0.964 bits per heavy atom. The highest BCUT2D eigenvalue weighted by atomic mass is 32.2. The van der Waals surface area contributed by atoms with Crippen molar-refractivity contribution >= 4 is 39.9 Å². The Morgan fingerprint density at radius 3 is 2.29 bits per heavy atom. The second-order valence-corrected chi connectivity index (χ2v) is 17.0. The van der Waals surface area contributed by atoms with Crippen molar-refractivity contribution in [1.82, 2.24) is 25.2 Å². The zero-order valence-electron chi connectivity index (χ0n) is 30.8. The number of hydrogen-bond acceptors (Lipinski definition) is 9. The molecule has 0 aromatic heterocycles. The zero-order chi connectivity index (χ0) is 39.7. The van der Waals surface area contributed by atoms with Gasteiger partial charge >= 0.3 is 12.2 Å². The Balaban J connectivity index is 1.28. The van der Waals surface area contributed by atoms with Crippen LogP contribution in [0.15, 0.2) is 59.5 Å². The number of hydrogen-bond donors (Lipinski definition) is 3. The molecule has 5 amide bonds. The van der Waals surface area contributed by atoms with Gasteiger partial charge in [-0.2, -0.15) is 0 Å². The van der Waals surface area contributed by atoms with Gasteiger partial charge in [0.05, 0.1) is 6.54 Å². The molecular weight excluding hydrogens is 741 g/mol. The molecule has 3 aliphatic heterocycles. The van der Waals surface area contributed by atoms with Crippen LogP contribution in [0, 0.1) is 17.6 Å². The molecular formula is C38H45F2N5O9S. The van der Waals surface area contributed by atoms with E-state index in [9.17, 15) is 41.2 Å². The average Bonchev–Trinajstić information content (AvgIpc) is 3.40. The monoisotopic (exact) mass is 785 g/mol. The van der Waals surface area contributed by atoms with Crippen LogP contribution in [0.5, 0.6) is 0 Å². The minimum absolute atomic E-state index is 0.0478. The third kappa shape index (κ3) is 8.92. The van der Waals surface area contributed by atoms with E-state index >= 15 is 0 Å². The number of sulfonamides is 1. The largest absolute Gasteiger partial charge is 0.444 e. The van der Waals surface area contributed by atoms with Gasteiger partial charge in [-0.1, -0.05) is 55.3 Å². The number of fused-ring (bicyclic) bond motifs is 3. The summed E-state index contributed by atoms with van der Waals surface area (Å²) in [4.78, 5) is 70.1. The van der Waals surface area contributed by atoms with Gasteiger partial charge < -0.3 is 25.0 Å². The number of halogens is 2. The molecule has 2 aromatic rings. The summed E-state index contributed by atoms with van der Waals surface area (Å²) in [5, 5.41) is 5.29. The highest BCUT2D eigenvalue weighted by Crippen LogP contribution is 2.46. The maximum atomic E-state index is 14.5. The number of amides is 5. The van der Waals surface area contributed by atoms with Gasteiger partial charge in [-0.25, -0.2) is 31.5 Å². The first-order valence-corrected chi connectivity index (χ1v) is 19.8. The van der Waals surface area contributed by atoms with Gasteiger partial charge in [0, 0.05) is 25.4 Å². The highest BCUT2D eigenvalue weighted by molar-refractivity contribution is 7.90. The van der Waals surface area contributed by atoms with Crippen molar-refractivity contribution in [2.45, 2.75) is 113 Å². The molecule has 1 aliphatic carbocycles. The fourth-order valence-electron chi connectivity index (χ4n) is 7.30. The van der Waals surface area contributed by atoms with Crippen molar-refractivity contribution in [1.29, 1.82) is 0 Å². The number of nitrogens with zero attached hydrogens (tertiary/aromatic N) is 2. The first kappa shape index (κ1) is 39.6. The highest BCUT2D eigenvalue weighted by Gasteiger charge is 2.62. The van der Waals surface area contributed by atoms with Crippen LogP contribution in [0.1, 0.15) is 76.8 Å². The van der Waals surface area contributed by atoms with Crippen LogP contribution in [0.3, 0.4) is 0 Å². The third-order valence-corrected chi connectivity index (χ3v) is 11.5. The number of carbonyl (C=O) groups is 5. The van der Waals surface area contributed by atoms with Crippen LogP contribution in [0.2, 0.25) is 0 Å². The van der Waals surface area contributed by atoms with Crippen LogP contribution >= 0.6 is 0 Å². The summed E-state index contributed by atoms with van der Waals surface area (Å²) in [5.41, 5.74) is -0.812. The predicted octanol–water partition coefficient (Wildman–Crippen LogP) is 4.18. The van der Waals surface area contributed by atoms with Crippen molar-refractivity contribution in [3.05, 3.63) is 77.4 Å². The molecule has 3 heterocycles. The van der Waals surface area contributed by atoms with Gasteiger partial charge in [0.2, 0.25) is 11.8 Å². The molecule has 5 atom stereocenters. The summed E-state index contributed by atoms with van der Waals surface area (Å²) in [6.07, 6.45) is 3.41. The SMILES string of the molecule is CC(C)(C)OC(=O)N[C@H]1CCCCCC=C[C@@H]2C[C@@]2(C(=O)NS(=O)(=O)c2c(F)cccc2F)NC(=O)[C@@H]2C[C@@H](OC(=O)N3Cc4ccccc4C3)CN2C1=O. The second kappa shape index (κ2) is 15.6. The molecule has 55 heavy (non-hydrogen) atoms. The summed E-state index contributed by atoms with van der Waals surface area (Å²) in [7, 11) is -5.08. The van der Waals surface area contributed by atoms with Crippen LogP contribution in [0.25, 0.3) is 0 Å². The summed E-state index contributed by atoms with van der Waals surface area (Å²) in [6, 6.07) is 7.52. The lowest BCUT2D eigenvalue weighted by molar-refractivity contribution is -0.141. The van der Waals surface area contributed by atoms with Gasteiger partial charge in [0.1, 0.15) is 41.0 Å². The molecule has 0 spiro atoms. The van der Waals surface area contributed by atoms with Crippen LogP contribution in [0.4, 0.5) is 18.4 Å². The molecule has 2 fully saturated rings. The van der Waals surface area contributed by atoms with Crippen molar-refractivity contribution in [2.24, 2.45) is 5.92 Å². The molecule has 0 bridgehead atoms. The van der Waals surface area contributed by atoms with Gasteiger partial charge in [-0.05, 0) is 69.7 Å². The van der Waals surface area contributed by atoms with Crippen molar-refractivity contribution in [3.8, 4) is 0 Å². The Hall–Kier alpha value is -5.06. The smallest absolute Gasteiger partial charge is 0.410 e. The molecule has 0 radical (unpaired) electrons. The van der Waals surface area contributed by atoms with Crippen LogP contribution in [-0.4, -0.2) is 84.0 Å². The number of nitrogens with one attached hydrogen (secondary N) is 3. The first-order valence-electron chi connectivity index (χ1n) is 18.3. The van der Waals surface area contributed by atoms with E-state index in [2.05, 4.69) is 10.6 Å². The van der Waals surface area contributed by atoms with Gasteiger partial charge in [-0.3, -0.25) is 19.3 Å². The van der Waals surface area contributed by atoms with Crippen molar-refractivity contribution in [3.63, 3.8) is 0 Å². The number of carbonyl (C=O) groups excluding carboxylic acids is 5. The molecule has 14 nitrogen and oxygen atoms in total. The lowest BCUT2D eigenvalue weighted by Crippen LogP contribution is -2.58. The number of ether oxygens (including phenoxy) is 2. The van der Waals surface area contributed by atoms with Gasteiger partial charge in [0.25, 0.3) is 15.9 Å². The molecule has 6 rings (SSSR count). The molecule has 17 heteroatoms. The van der Waals surface area contributed by atoms with E-state index in [1.807, 2.05) is 24.3 Å². The summed E-state index contributed by atoms with van der Waals surface area (Å²) in [5.74, 6) is -6.24. The van der Waals surface area contributed by atoms with Gasteiger partial charge in [-0.15, -0.1) is 0 Å². The van der Waals surface area contributed by atoms with Crippen molar-refractivity contribution < 1.29 is 50.6 Å². The molecule has 4 aliphatic rings. The fraction of sp³-hybridized carbons (Fsp3) is 0.500. The Labute approximate surface area is 318 Å². The Bertz CT molecular complexity index is 1960. The van der Waals surface area contributed by atoms with E-state index in [1.54, 1.807) is 37.6 Å². The maximum absolute atomic E-state index is 14.5. The molecule has 2 aromatic carbocycles. The van der Waals surface area contributed by atoms with Crippen LogP contribution in [-0.2, 0) is 47.0 Å². The minimum atomic E-state index is -5.08. The van der Waals surface area contributed by atoms with E-state index in [1.165, 1.54) is 9.80 Å². The molecule has 0 unspecified atom stereocenters. The lowest BCUT2D eigenvalue weighted by Gasteiger charge is -2.30. The quantitative estimate of drug-likeness (QED) is 0.375. The van der Waals surface area contributed by atoms with E-state index in [0.717, 1.165) is 29.3 Å². The Morgan fingerprint density at radius 2 is 1.64 bits per heavy atom. The predicted molar refractivity (Wildman–Crippen MR) is 192 cm³/mol. The summed E-state index contributed by atoms with van der Waals surface area (Å²) >= 11 is 0. The molecule has 1 saturated heterocycles. The van der Waals surface area contributed by atoms with E-state index in [4.69, 9.17) is 9.47 Å². The van der Waals surface area contributed by atoms with Crippen LogP contribution < -0.4 is 15.4 Å². The number of alkyl carbamates (subject to hydrolysis) is 1. The average molecular weight is 786 g/mol. The topological polar surface area (TPSA) is 181 Å². The minimum Gasteiger partial charge on any atom is -0.444 e. The van der Waals surface area contributed by atoms with E-state index < -0.39 is 91.7 Å². The number of benzene rings is 2. The van der Waals surface area contributed by atoms with E-state index in [-0.39, 0.29) is 25.8 Å². The standard InChI is InChI=1S/C38H45F2N5O9S/c1-37(2,3)54-35(49)41-29-17-8-6-4-5-7-14-25-19-38(25,34(48)43-55(51,52)31-27(39)15-11-16-28(31)40)42-32(46)30-18-26(22-45(30)33(29)47)53-36(50)44-20-23-12-9-10-13-24(23)21-44/h7,9-16,25-26,29-30H,4-6,8,17-22H2,1-3H3,(H,41,49)(H,42,46)(H,43,48)/t25-,26-,29+,30+,38-/m1/s1.